The predicted molar refractivity (Wildman–Crippen MR) is 84.5 cm³/mol. The summed E-state index contributed by atoms with van der Waals surface area (Å²) < 4.78 is 0. The van der Waals surface area contributed by atoms with Gasteiger partial charge in [-0.2, -0.15) is 4.98 Å². The van der Waals surface area contributed by atoms with Crippen molar-refractivity contribution in [3.05, 3.63) is 11.8 Å². The van der Waals surface area contributed by atoms with Crippen LogP contribution in [0.1, 0.15) is 32.3 Å². The Hall–Kier alpha value is -1.36. The largest absolute Gasteiger partial charge is 0.358 e. The molecule has 0 aromatic carbocycles. The molecule has 1 N–H and O–H groups in total. The predicted octanol–water partition coefficient (Wildman–Crippen LogP) is 2.14. The molecule has 1 fully saturated rings. The molecule has 0 aliphatic carbocycles. The average Bonchev–Trinajstić information content (AvgIpc) is 2.88. The van der Waals surface area contributed by atoms with Crippen LogP contribution in [0.25, 0.3) is 0 Å². The highest BCUT2D eigenvalue weighted by atomic mass is 15.3. The number of nitrogens with zero attached hydrogens (tertiary/aromatic N) is 4. The van der Waals surface area contributed by atoms with E-state index in [0.717, 1.165) is 37.0 Å². The van der Waals surface area contributed by atoms with E-state index in [4.69, 9.17) is 0 Å². The Kier molecular flexibility index (Phi) is 5.17. The van der Waals surface area contributed by atoms with E-state index in [2.05, 4.69) is 52.9 Å². The summed E-state index contributed by atoms with van der Waals surface area (Å²) in [5.41, 5.74) is 1.13. The molecule has 0 bridgehead atoms. The first-order valence-corrected chi connectivity index (χ1v) is 7.68. The Labute approximate surface area is 122 Å². The van der Waals surface area contributed by atoms with Crippen LogP contribution in [0, 0.1) is 6.92 Å². The smallest absolute Gasteiger partial charge is 0.224 e. The fraction of sp³-hybridized carbons (Fsp3) is 0.733. The Bertz CT molecular complexity index is 434. The number of hydrogen-bond donors (Lipinski definition) is 1. The normalized spacial score (nSPS) is 19.3. The average molecular weight is 277 g/mol. The molecule has 1 aromatic heterocycles. The van der Waals surface area contributed by atoms with Gasteiger partial charge in [0.1, 0.15) is 5.82 Å². The molecule has 1 aliphatic rings. The molecule has 0 saturated carbocycles. The second-order valence-electron chi connectivity index (χ2n) is 5.54. The number of nitrogens with one attached hydrogen (secondary N) is 1. The number of aromatic nitrogens is 2. The third kappa shape index (κ3) is 3.39. The zero-order valence-corrected chi connectivity index (χ0v) is 13.2. The van der Waals surface area contributed by atoms with Crippen LogP contribution in [0.3, 0.4) is 0 Å². The monoisotopic (exact) mass is 277 g/mol. The summed E-state index contributed by atoms with van der Waals surface area (Å²) in [6, 6.07) is 0.655. The molecule has 0 radical (unpaired) electrons. The van der Waals surface area contributed by atoms with E-state index >= 15 is 0 Å². The van der Waals surface area contributed by atoms with Gasteiger partial charge in [0.2, 0.25) is 5.95 Å². The zero-order valence-electron chi connectivity index (χ0n) is 13.2. The van der Waals surface area contributed by atoms with Crippen molar-refractivity contribution >= 4 is 11.8 Å². The lowest BCUT2D eigenvalue weighted by atomic mass is 10.2. The van der Waals surface area contributed by atoms with Gasteiger partial charge in [-0.05, 0) is 39.8 Å². The number of likely N-dealkylation sites (tertiary alicyclic amines) is 1. The van der Waals surface area contributed by atoms with E-state index in [1.807, 2.05) is 6.20 Å². The standard InChI is InChI=1S/C15H27N5/c1-5-16-15-17-10-12(3)14(18-15)19(4)11-13-8-7-9-20(13)6-2/h10,13H,5-9,11H2,1-4H3,(H,16,17,18). The first-order valence-electron chi connectivity index (χ1n) is 7.68. The Morgan fingerprint density at radius 2 is 2.25 bits per heavy atom. The molecule has 0 spiro atoms. The highest BCUT2D eigenvalue weighted by Crippen LogP contribution is 2.22. The molecule has 5 heteroatoms. The van der Waals surface area contributed by atoms with Crippen molar-refractivity contribution in [1.29, 1.82) is 0 Å². The maximum Gasteiger partial charge on any atom is 0.224 e. The van der Waals surface area contributed by atoms with Crippen LogP contribution in [-0.4, -0.2) is 54.1 Å². The molecule has 2 rings (SSSR count). The van der Waals surface area contributed by atoms with E-state index in [9.17, 15) is 0 Å². The van der Waals surface area contributed by atoms with Crippen LogP contribution in [-0.2, 0) is 0 Å². The molecule has 1 atom stereocenters. The van der Waals surface area contributed by atoms with E-state index in [0.29, 0.717) is 6.04 Å². The fourth-order valence-corrected chi connectivity index (χ4v) is 2.98. The van der Waals surface area contributed by atoms with Gasteiger partial charge >= 0.3 is 0 Å². The fourth-order valence-electron chi connectivity index (χ4n) is 2.98. The molecular weight excluding hydrogens is 250 g/mol. The molecular formula is C15H27N5. The summed E-state index contributed by atoms with van der Waals surface area (Å²) in [7, 11) is 2.14. The highest BCUT2D eigenvalue weighted by molar-refractivity contribution is 5.48. The van der Waals surface area contributed by atoms with Crippen LogP contribution < -0.4 is 10.2 Å². The van der Waals surface area contributed by atoms with E-state index in [-0.39, 0.29) is 0 Å². The van der Waals surface area contributed by atoms with Gasteiger partial charge in [-0.25, -0.2) is 4.98 Å². The quantitative estimate of drug-likeness (QED) is 0.863. The number of aryl methyl sites for hydroxylation is 1. The molecule has 1 aromatic rings. The molecule has 5 nitrogen and oxygen atoms in total. The third-order valence-electron chi connectivity index (χ3n) is 4.03. The molecule has 112 valence electrons. The lowest BCUT2D eigenvalue weighted by Gasteiger charge is -2.29. The van der Waals surface area contributed by atoms with Crippen molar-refractivity contribution < 1.29 is 0 Å². The molecule has 2 heterocycles. The number of hydrogen-bond acceptors (Lipinski definition) is 5. The number of rotatable bonds is 6. The van der Waals surface area contributed by atoms with Crippen LogP contribution >= 0.6 is 0 Å². The third-order valence-corrected chi connectivity index (χ3v) is 4.03. The van der Waals surface area contributed by atoms with Crippen molar-refractivity contribution in [2.24, 2.45) is 0 Å². The van der Waals surface area contributed by atoms with Crippen LogP contribution in [0.4, 0.5) is 11.8 Å². The second-order valence-corrected chi connectivity index (χ2v) is 5.54. The number of anilines is 2. The summed E-state index contributed by atoms with van der Waals surface area (Å²) >= 11 is 0. The molecule has 1 unspecified atom stereocenters. The van der Waals surface area contributed by atoms with Gasteiger partial charge in [-0.1, -0.05) is 6.92 Å². The Morgan fingerprint density at radius 3 is 2.95 bits per heavy atom. The van der Waals surface area contributed by atoms with Crippen LogP contribution in [0.5, 0.6) is 0 Å². The van der Waals surface area contributed by atoms with Gasteiger partial charge < -0.3 is 10.2 Å². The van der Waals surface area contributed by atoms with Crippen molar-refractivity contribution in [2.45, 2.75) is 39.7 Å². The van der Waals surface area contributed by atoms with E-state index in [1.54, 1.807) is 0 Å². The van der Waals surface area contributed by atoms with Gasteiger partial charge in [-0.15, -0.1) is 0 Å². The summed E-state index contributed by atoms with van der Waals surface area (Å²) in [5.74, 6) is 1.76. The van der Waals surface area contributed by atoms with Crippen molar-refractivity contribution in [3.63, 3.8) is 0 Å². The van der Waals surface area contributed by atoms with E-state index in [1.165, 1.54) is 19.4 Å². The van der Waals surface area contributed by atoms with Gasteiger partial charge in [0.05, 0.1) is 0 Å². The summed E-state index contributed by atoms with van der Waals surface area (Å²) in [4.78, 5) is 13.8. The van der Waals surface area contributed by atoms with Gasteiger partial charge in [-0.3, -0.25) is 4.90 Å². The molecule has 1 saturated heterocycles. The van der Waals surface area contributed by atoms with Gasteiger partial charge in [0.25, 0.3) is 0 Å². The summed E-state index contributed by atoms with van der Waals surface area (Å²) in [5, 5.41) is 3.18. The zero-order chi connectivity index (χ0) is 14.5. The SMILES string of the molecule is CCNc1ncc(C)c(N(C)CC2CCCN2CC)n1. The lowest BCUT2D eigenvalue weighted by Crippen LogP contribution is -2.39. The molecule has 1 aliphatic heterocycles. The van der Waals surface area contributed by atoms with Crippen molar-refractivity contribution in [2.75, 3.05) is 43.4 Å². The first-order chi connectivity index (χ1) is 9.65. The maximum absolute atomic E-state index is 4.64. The first kappa shape index (κ1) is 15.0. The van der Waals surface area contributed by atoms with Crippen molar-refractivity contribution in [1.82, 2.24) is 14.9 Å². The summed E-state index contributed by atoms with van der Waals surface area (Å²) in [6.45, 7) is 10.6. The van der Waals surface area contributed by atoms with Gasteiger partial charge in [0, 0.05) is 37.9 Å². The minimum atomic E-state index is 0.655. The Balaban J connectivity index is 2.07. The van der Waals surface area contributed by atoms with Gasteiger partial charge in [0.15, 0.2) is 0 Å². The molecule has 0 amide bonds. The minimum Gasteiger partial charge on any atom is -0.358 e. The van der Waals surface area contributed by atoms with Crippen LogP contribution in [0.2, 0.25) is 0 Å². The highest BCUT2D eigenvalue weighted by Gasteiger charge is 2.24. The lowest BCUT2D eigenvalue weighted by molar-refractivity contribution is 0.270. The van der Waals surface area contributed by atoms with Crippen molar-refractivity contribution in [3.8, 4) is 0 Å². The molecule has 20 heavy (non-hydrogen) atoms. The van der Waals surface area contributed by atoms with E-state index < -0.39 is 0 Å². The maximum atomic E-state index is 4.64. The van der Waals surface area contributed by atoms with Crippen LogP contribution in [0.15, 0.2) is 6.20 Å². The second kappa shape index (κ2) is 6.88. The topological polar surface area (TPSA) is 44.3 Å². The number of likely N-dealkylation sites (N-methyl/N-ethyl adjacent to an activating group) is 2. The Morgan fingerprint density at radius 1 is 1.45 bits per heavy atom. The minimum absolute atomic E-state index is 0.655. The summed E-state index contributed by atoms with van der Waals surface area (Å²) in [6.07, 6.45) is 4.52.